The number of carbonyl (C=O) groups excluding carboxylic acids is 1. The first-order valence-corrected chi connectivity index (χ1v) is 8.56. The molecule has 0 saturated carbocycles. The molecule has 0 saturated heterocycles. The van der Waals surface area contributed by atoms with Crippen molar-refractivity contribution < 1.29 is 4.79 Å². The van der Waals surface area contributed by atoms with Crippen LogP contribution in [0.3, 0.4) is 0 Å². The normalized spacial score (nSPS) is 12.5. The molecule has 0 bridgehead atoms. The zero-order valence-corrected chi connectivity index (χ0v) is 15.3. The van der Waals surface area contributed by atoms with E-state index in [1.807, 2.05) is 50.5 Å². The SMILES string of the molecule is Cc1[nH]c2ccc(C(=O)NC[C@H](c3ccccc3)N(C)C)cc2c1C. The second-order valence-electron chi connectivity index (χ2n) is 6.74. The zero-order chi connectivity index (χ0) is 18.0. The number of rotatable bonds is 5. The smallest absolute Gasteiger partial charge is 0.251 e. The average molecular weight is 335 g/mol. The predicted octanol–water partition coefficient (Wildman–Crippen LogP) is 3.82. The van der Waals surface area contributed by atoms with Crippen molar-refractivity contribution in [3.8, 4) is 0 Å². The summed E-state index contributed by atoms with van der Waals surface area (Å²) in [6.45, 7) is 4.70. The molecule has 1 aromatic heterocycles. The minimum Gasteiger partial charge on any atom is -0.358 e. The van der Waals surface area contributed by atoms with Crippen LogP contribution in [0.2, 0.25) is 0 Å². The number of nitrogens with zero attached hydrogens (tertiary/aromatic N) is 1. The highest BCUT2D eigenvalue weighted by Crippen LogP contribution is 2.22. The van der Waals surface area contributed by atoms with E-state index < -0.39 is 0 Å². The first-order chi connectivity index (χ1) is 12.0. The Labute approximate surface area is 148 Å². The van der Waals surface area contributed by atoms with E-state index in [4.69, 9.17) is 0 Å². The Kier molecular flexibility index (Phi) is 4.91. The molecule has 0 aliphatic heterocycles. The van der Waals surface area contributed by atoms with Crippen LogP contribution >= 0.6 is 0 Å². The van der Waals surface area contributed by atoms with Gasteiger partial charge < -0.3 is 15.2 Å². The molecule has 3 rings (SSSR count). The van der Waals surface area contributed by atoms with E-state index in [1.165, 1.54) is 11.1 Å². The lowest BCUT2D eigenvalue weighted by Crippen LogP contribution is -2.34. The van der Waals surface area contributed by atoms with Gasteiger partial charge in [0.15, 0.2) is 0 Å². The van der Waals surface area contributed by atoms with Gasteiger partial charge in [0.2, 0.25) is 0 Å². The quantitative estimate of drug-likeness (QED) is 0.745. The Bertz CT molecular complexity index is 881. The van der Waals surface area contributed by atoms with E-state index in [1.54, 1.807) is 0 Å². The van der Waals surface area contributed by atoms with E-state index in [9.17, 15) is 4.79 Å². The molecule has 1 heterocycles. The maximum Gasteiger partial charge on any atom is 0.251 e. The minimum absolute atomic E-state index is 0.0389. The Balaban J connectivity index is 1.76. The number of aromatic nitrogens is 1. The lowest BCUT2D eigenvalue weighted by Gasteiger charge is -2.25. The Morgan fingerprint density at radius 3 is 2.52 bits per heavy atom. The number of aromatic amines is 1. The number of nitrogens with one attached hydrogen (secondary N) is 2. The molecule has 2 aromatic carbocycles. The number of benzene rings is 2. The molecular formula is C21H25N3O. The fourth-order valence-corrected chi connectivity index (χ4v) is 3.17. The third kappa shape index (κ3) is 3.59. The molecule has 0 aliphatic rings. The topological polar surface area (TPSA) is 48.1 Å². The molecule has 0 fully saturated rings. The number of likely N-dealkylation sites (N-methyl/N-ethyl adjacent to an activating group) is 1. The van der Waals surface area contributed by atoms with Crippen LogP contribution < -0.4 is 5.32 Å². The van der Waals surface area contributed by atoms with Crippen LogP contribution in [-0.2, 0) is 0 Å². The summed E-state index contributed by atoms with van der Waals surface area (Å²) in [5.74, 6) is -0.0389. The van der Waals surface area contributed by atoms with E-state index in [0.29, 0.717) is 12.1 Å². The van der Waals surface area contributed by atoms with Crippen LogP contribution in [0, 0.1) is 13.8 Å². The number of hydrogen-bond donors (Lipinski definition) is 2. The van der Waals surface area contributed by atoms with E-state index in [2.05, 4.69) is 41.2 Å². The molecule has 130 valence electrons. The van der Waals surface area contributed by atoms with Crippen LogP contribution in [0.5, 0.6) is 0 Å². The number of amides is 1. The zero-order valence-electron chi connectivity index (χ0n) is 15.3. The molecule has 2 N–H and O–H groups in total. The molecule has 25 heavy (non-hydrogen) atoms. The van der Waals surface area contributed by atoms with Gasteiger partial charge in [0, 0.05) is 28.7 Å². The lowest BCUT2D eigenvalue weighted by atomic mass is 10.1. The van der Waals surface area contributed by atoms with Gasteiger partial charge in [-0.25, -0.2) is 0 Å². The maximum absolute atomic E-state index is 12.6. The summed E-state index contributed by atoms with van der Waals surface area (Å²) in [6, 6.07) is 16.2. The van der Waals surface area contributed by atoms with Crippen molar-refractivity contribution in [1.29, 1.82) is 0 Å². The summed E-state index contributed by atoms with van der Waals surface area (Å²) >= 11 is 0. The van der Waals surface area contributed by atoms with Gasteiger partial charge in [-0.3, -0.25) is 4.79 Å². The summed E-state index contributed by atoms with van der Waals surface area (Å²) < 4.78 is 0. The fraction of sp³-hybridized carbons (Fsp3) is 0.286. The highest BCUT2D eigenvalue weighted by Gasteiger charge is 2.16. The molecule has 3 aromatic rings. The van der Waals surface area contributed by atoms with Crippen LogP contribution in [0.1, 0.15) is 33.2 Å². The summed E-state index contributed by atoms with van der Waals surface area (Å²) in [4.78, 5) is 18.1. The highest BCUT2D eigenvalue weighted by atomic mass is 16.1. The van der Waals surface area contributed by atoms with Gasteiger partial charge in [0.1, 0.15) is 0 Å². The first kappa shape index (κ1) is 17.2. The standard InChI is InChI=1S/C21H25N3O/c1-14-15(2)23-19-11-10-17(12-18(14)19)21(25)22-13-20(24(3)4)16-8-6-5-7-9-16/h5-12,20,23H,13H2,1-4H3,(H,22,25)/t20-/m1/s1. The van der Waals surface area contributed by atoms with Gasteiger partial charge in [-0.15, -0.1) is 0 Å². The van der Waals surface area contributed by atoms with Crippen molar-refractivity contribution in [2.75, 3.05) is 20.6 Å². The van der Waals surface area contributed by atoms with Gasteiger partial charge in [-0.2, -0.15) is 0 Å². The summed E-state index contributed by atoms with van der Waals surface area (Å²) in [6.07, 6.45) is 0. The first-order valence-electron chi connectivity index (χ1n) is 8.56. The second kappa shape index (κ2) is 7.11. The number of aryl methyl sites for hydroxylation is 2. The summed E-state index contributed by atoms with van der Waals surface area (Å²) in [5, 5.41) is 4.19. The Hall–Kier alpha value is -2.59. The van der Waals surface area contributed by atoms with Gasteiger partial charge >= 0.3 is 0 Å². The summed E-state index contributed by atoms with van der Waals surface area (Å²) in [7, 11) is 4.06. The largest absolute Gasteiger partial charge is 0.358 e. The van der Waals surface area contributed by atoms with E-state index >= 15 is 0 Å². The molecule has 0 radical (unpaired) electrons. The van der Waals surface area contributed by atoms with Crippen molar-refractivity contribution in [2.45, 2.75) is 19.9 Å². The molecule has 1 atom stereocenters. The number of H-pyrrole nitrogens is 1. The van der Waals surface area contributed by atoms with Crippen molar-refractivity contribution in [2.24, 2.45) is 0 Å². The Morgan fingerprint density at radius 2 is 1.84 bits per heavy atom. The third-order valence-corrected chi connectivity index (χ3v) is 4.83. The lowest BCUT2D eigenvalue weighted by molar-refractivity contribution is 0.0942. The van der Waals surface area contributed by atoms with Gasteiger partial charge in [0.25, 0.3) is 5.91 Å². The van der Waals surface area contributed by atoms with Crippen LogP contribution in [0.15, 0.2) is 48.5 Å². The van der Waals surface area contributed by atoms with Gasteiger partial charge in [-0.1, -0.05) is 30.3 Å². The van der Waals surface area contributed by atoms with E-state index in [-0.39, 0.29) is 11.9 Å². The molecule has 4 nitrogen and oxygen atoms in total. The molecule has 0 aliphatic carbocycles. The van der Waals surface area contributed by atoms with Crippen molar-refractivity contribution in [3.63, 3.8) is 0 Å². The van der Waals surface area contributed by atoms with Gasteiger partial charge in [-0.05, 0) is 57.3 Å². The monoisotopic (exact) mass is 335 g/mol. The van der Waals surface area contributed by atoms with Crippen LogP contribution in [-0.4, -0.2) is 36.4 Å². The summed E-state index contributed by atoms with van der Waals surface area (Å²) in [5.41, 5.74) is 5.30. The number of carbonyl (C=O) groups is 1. The third-order valence-electron chi connectivity index (χ3n) is 4.83. The molecule has 1 amide bonds. The van der Waals surface area contributed by atoms with Crippen LogP contribution in [0.4, 0.5) is 0 Å². The maximum atomic E-state index is 12.6. The highest BCUT2D eigenvalue weighted by molar-refractivity contribution is 5.99. The number of hydrogen-bond acceptors (Lipinski definition) is 2. The minimum atomic E-state index is -0.0389. The van der Waals surface area contributed by atoms with Crippen LogP contribution in [0.25, 0.3) is 10.9 Å². The second-order valence-corrected chi connectivity index (χ2v) is 6.74. The molecule has 0 spiro atoms. The van der Waals surface area contributed by atoms with Crippen molar-refractivity contribution >= 4 is 16.8 Å². The predicted molar refractivity (Wildman–Crippen MR) is 103 cm³/mol. The average Bonchev–Trinajstić information content (AvgIpc) is 2.89. The molecule has 4 heteroatoms. The Morgan fingerprint density at radius 1 is 1.12 bits per heavy atom. The number of fused-ring (bicyclic) bond motifs is 1. The van der Waals surface area contributed by atoms with Crippen molar-refractivity contribution in [3.05, 3.63) is 70.9 Å². The fourth-order valence-electron chi connectivity index (χ4n) is 3.17. The van der Waals surface area contributed by atoms with Gasteiger partial charge in [0.05, 0.1) is 6.04 Å². The van der Waals surface area contributed by atoms with Crippen molar-refractivity contribution in [1.82, 2.24) is 15.2 Å². The molecule has 0 unspecified atom stereocenters. The van der Waals surface area contributed by atoms with E-state index in [0.717, 1.165) is 16.6 Å². The molecular weight excluding hydrogens is 310 g/mol.